The molecule has 0 spiro atoms. The number of hydrogen-bond acceptors (Lipinski definition) is 2. The van der Waals surface area contributed by atoms with E-state index >= 15 is 0 Å². The van der Waals surface area contributed by atoms with Crippen molar-refractivity contribution in [3.63, 3.8) is 0 Å². The number of nitrogen functional groups attached to an aromatic ring is 1. The van der Waals surface area contributed by atoms with Crippen molar-refractivity contribution >= 4 is 17.7 Å². The maximum Gasteiger partial charge on any atom is 0.244 e. The quantitative estimate of drug-likeness (QED) is 0.618. The van der Waals surface area contributed by atoms with Gasteiger partial charge in [-0.2, -0.15) is 0 Å². The number of rotatable bonds is 3. The van der Waals surface area contributed by atoms with Crippen LogP contribution in [-0.4, -0.2) is 11.4 Å². The first-order chi connectivity index (χ1) is 8.07. The lowest BCUT2D eigenvalue weighted by atomic mass is 9.78. The van der Waals surface area contributed by atoms with Crippen molar-refractivity contribution in [3.05, 3.63) is 35.9 Å². The third-order valence-electron chi connectivity index (χ3n) is 3.25. The average Bonchev–Trinajstić information content (AvgIpc) is 2.26. The van der Waals surface area contributed by atoms with E-state index in [0.29, 0.717) is 0 Å². The zero-order valence-electron chi connectivity index (χ0n) is 10.1. The number of amides is 1. The monoisotopic (exact) mass is 230 g/mol. The minimum atomic E-state index is -0.0241. The van der Waals surface area contributed by atoms with Crippen LogP contribution < -0.4 is 11.1 Å². The van der Waals surface area contributed by atoms with Crippen LogP contribution in [0.2, 0.25) is 0 Å². The van der Waals surface area contributed by atoms with Gasteiger partial charge < -0.3 is 11.1 Å². The number of benzene rings is 1. The van der Waals surface area contributed by atoms with Crippen molar-refractivity contribution < 1.29 is 4.79 Å². The summed E-state index contributed by atoms with van der Waals surface area (Å²) in [5.41, 5.74) is 7.31. The van der Waals surface area contributed by atoms with Gasteiger partial charge in [0.25, 0.3) is 0 Å². The molecule has 0 aromatic heterocycles. The SMILES string of the molecule is CC1(NC(=O)/C=C/c2ccc(N)cc2)CCC1. The van der Waals surface area contributed by atoms with E-state index in [0.717, 1.165) is 24.1 Å². The number of carbonyl (C=O) groups is 1. The zero-order valence-corrected chi connectivity index (χ0v) is 10.1. The van der Waals surface area contributed by atoms with Gasteiger partial charge in [0.1, 0.15) is 0 Å². The van der Waals surface area contributed by atoms with Gasteiger partial charge in [-0.15, -0.1) is 0 Å². The Kier molecular flexibility index (Phi) is 3.18. The Balaban J connectivity index is 1.91. The predicted molar refractivity (Wildman–Crippen MR) is 70.3 cm³/mol. The molecule has 0 aliphatic heterocycles. The number of carbonyl (C=O) groups excluding carboxylic acids is 1. The van der Waals surface area contributed by atoms with E-state index < -0.39 is 0 Å². The summed E-state index contributed by atoms with van der Waals surface area (Å²) in [6, 6.07) is 7.43. The lowest BCUT2D eigenvalue weighted by molar-refractivity contribution is -0.119. The number of anilines is 1. The molecule has 3 heteroatoms. The van der Waals surface area contributed by atoms with E-state index in [2.05, 4.69) is 12.2 Å². The summed E-state index contributed by atoms with van der Waals surface area (Å²) in [5, 5.41) is 3.02. The maximum absolute atomic E-state index is 11.7. The predicted octanol–water partition coefficient (Wildman–Crippen LogP) is 2.34. The Bertz CT molecular complexity index is 430. The van der Waals surface area contributed by atoms with Crippen LogP contribution in [0.15, 0.2) is 30.3 Å². The fourth-order valence-electron chi connectivity index (χ4n) is 1.95. The summed E-state index contributed by atoms with van der Waals surface area (Å²) in [7, 11) is 0. The molecule has 0 bridgehead atoms. The van der Waals surface area contributed by atoms with Crippen LogP contribution in [0.4, 0.5) is 5.69 Å². The first-order valence-corrected chi connectivity index (χ1v) is 5.93. The van der Waals surface area contributed by atoms with E-state index in [1.165, 1.54) is 6.42 Å². The highest BCUT2D eigenvalue weighted by molar-refractivity contribution is 5.92. The minimum Gasteiger partial charge on any atom is -0.399 e. The van der Waals surface area contributed by atoms with Gasteiger partial charge in [-0.25, -0.2) is 0 Å². The van der Waals surface area contributed by atoms with Gasteiger partial charge in [0, 0.05) is 17.3 Å². The molecule has 1 aromatic rings. The van der Waals surface area contributed by atoms with Gasteiger partial charge in [-0.3, -0.25) is 4.79 Å². The van der Waals surface area contributed by atoms with Crippen LogP contribution in [0.3, 0.4) is 0 Å². The molecule has 1 fully saturated rings. The molecule has 0 heterocycles. The van der Waals surface area contributed by atoms with Gasteiger partial charge in [-0.1, -0.05) is 12.1 Å². The van der Waals surface area contributed by atoms with E-state index in [4.69, 9.17) is 5.73 Å². The van der Waals surface area contributed by atoms with Gasteiger partial charge >= 0.3 is 0 Å². The lowest BCUT2D eigenvalue weighted by Crippen LogP contribution is -2.50. The molecule has 3 nitrogen and oxygen atoms in total. The van der Waals surface area contributed by atoms with E-state index in [9.17, 15) is 4.79 Å². The van der Waals surface area contributed by atoms with Gasteiger partial charge in [0.2, 0.25) is 5.91 Å². The molecule has 1 aromatic carbocycles. The fourth-order valence-corrected chi connectivity index (χ4v) is 1.95. The minimum absolute atomic E-state index is 0.0164. The molecular weight excluding hydrogens is 212 g/mol. The molecule has 3 N–H and O–H groups in total. The van der Waals surface area contributed by atoms with Gasteiger partial charge in [0.05, 0.1) is 0 Å². The second-order valence-corrected chi connectivity index (χ2v) is 4.90. The number of nitrogens with two attached hydrogens (primary N) is 1. The summed E-state index contributed by atoms with van der Waals surface area (Å²) in [6.07, 6.45) is 6.74. The zero-order chi connectivity index (χ0) is 12.3. The van der Waals surface area contributed by atoms with Crippen molar-refractivity contribution in [1.29, 1.82) is 0 Å². The number of nitrogens with one attached hydrogen (secondary N) is 1. The lowest BCUT2D eigenvalue weighted by Gasteiger charge is -2.38. The van der Waals surface area contributed by atoms with Crippen LogP contribution in [-0.2, 0) is 4.79 Å². The summed E-state index contributed by atoms with van der Waals surface area (Å²) >= 11 is 0. The molecule has 0 unspecified atom stereocenters. The first kappa shape index (κ1) is 11.7. The van der Waals surface area contributed by atoms with Gasteiger partial charge in [-0.05, 0) is 50.0 Å². The van der Waals surface area contributed by atoms with Gasteiger partial charge in [0.15, 0.2) is 0 Å². The van der Waals surface area contributed by atoms with Crippen LogP contribution >= 0.6 is 0 Å². The normalized spacial score (nSPS) is 17.7. The summed E-state index contributed by atoms with van der Waals surface area (Å²) in [4.78, 5) is 11.7. The largest absolute Gasteiger partial charge is 0.399 e. The topological polar surface area (TPSA) is 55.1 Å². The van der Waals surface area contributed by atoms with Crippen molar-refractivity contribution in [2.45, 2.75) is 31.7 Å². The highest BCUT2D eigenvalue weighted by Gasteiger charge is 2.32. The molecule has 90 valence electrons. The van der Waals surface area contributed by atoms with Crippen LogP contribution in [0.5, 0.6) is 0 Å². The Morgan fingerprint density at radius 1 is 1.35 bits per heavy atom. The molecule has 2 rings (SSSR count). The third kappa shape index (κ3) is 3.09. The Morgan fingerprint density at radius 2 is 2.00 bits per heavy atom. The maximum atomic E-state index is 11.7. The Labute approximate surface area is 102 Å². The van der Waals surface area contributed by atoms with Crippen LogP contribution in [0, 0.1) is 0 Å². The molecule has 17 heavy (non-hydrogen) atoms. The molecule has 0 saturated heterocycles. The Hall–Kier alpha value is -1.77. The van der Waals surface area contributed by atoms with Crippen molar-refractivity contribution in [3.8, 4) is 0 Å². The van der Waals surface area contributed by atoms with E-state index in [1.807, 2.05) is 24.3 Å². The molecule has 0 atom stereocenters. The van der Waals surface area contributed by atoms with Crippen LogP contribution in [0.1, 0.15) is 31.7 Å². The molecule has 1 aliphatic carbocycles. The second-order valence-electron chi connectivity index (χ2n) is 4.90. The van der Waals surface area contributed by atoms with Crippen molar-refractivity contribution in [2.24, 2.45) is 0 Å². The van der Waals surface area contributed by atoms with E-state index in [1.54, 1.807) is 12.2 Å². The fraction of sp³-hybridized carbons (Fsp3) is 0.357. The molecule has 1 aliphatic rings. The third-order valence-corrected chi connectivity index (χ3v) is 3.25. The summed E-state index contributed by atoms with van der Waals surface area (Å²) < 4.78 is 0. The van der Waals surface area contributed by atoms with E-state index in [-0.39, 0.29) is 11.4 Å². The van der Waals surface area contributed by atoms with Crippen molar-refractivity contribution in [2.75, 3.05) is 5.73 Å². The highest BCUT2D eigenvalue weighted by atomic mass is 16.1. The molecule has 1 saturated carbocycles. The molecular formula is C14H18N2O. The summed E-state index contributed by atoms with van der Waals surface area (Å²) in [5.74, 6) is -0.0241. The Morgan fingerprint density at radius 3 is 2.53 bits per heavy atom. The summed E-state index contributed by atoms with van der Waals surface area (Å²) in [6.45, 7) is 2.09. The smallest absolute Gasteiger partial charge is 0.244 e. The second kappa shape index (κ2) is 4.62. The van der Waals surface area contributed by atoms with Crippen LogP contribution in [0.25, 0.3) is 6.08 Å². The highest BCUT2D eigenvalue weighted by Crippen LogP contribution is 2.30. The molecule has 0 radical (unpaired) electrons. The average molecular weight is 230 g/mol. The first-order valence-electron chi connectivity index (χ1n) is 5.93. The molecule has 1 amide bonds. The standard InChI is InChI=1S/C14H18N2O/c1-14(9-2-10-14)16-13(17)8-5-11-3-6-12(15)7-4-11/h3-8H,2,9-10,15H2,1H3,(H,16,17)/b8-5+. The number of hydrogen-bond donors (Lipinski definition) is 2. The van der Waals surface area contributed by atoms with Crippen molar-refractivity contribution in [1.82, 2.24) is 5.32 Å².